The van der Waals surface area contributed by atoms with Crippen molar-refractivity contribution in [1.82, 2.24) is 9.47 Å². The van der Waals surface area contributed by atoms with E-state index in [0.717, 1.165) is 33.1 Å². The normalized spacial score (nSPS) is 14.8. The lowest BCUT2D eigenvalue weighted by Gasteiger charge is -2.12. The van der Waals surface area contributed by atoms with E-state index in [2.05, 4.69) is 0 Å². The average molecular weight is 503 g/mol. The number of hydrogen-bond acceptors (Lipinski definition) is 7. The molecule has 180 valence electrons. The first-order chi connectivity index (χ1) is 17.3. The van der Waals surface area contributed by atoms with Gasteiger partial charge in [-0.3, -0.25) is 24.6 Å². The maximum atomic E-state index is 13.0. The number of thioether (sulfide) groups is 1. The fraction of sp³-hybridized carbons (Fsp3) is 0.0800. The number of benzene rings is 2. The minimum Gasteiger partial charge on any atom is -0.475 e. The molecule has 0 atom stereocenters. The summed E-state index contributed by atoms with van der Waals surface area (Å²) in [5.74, 6) is -1.28. The third kappa shape index (κ3) is 4.39. The topological polar surface area (TPSA) is 136 Å². The number of imide groups is 1. The van der Waals surface area contributed by atoms with Gasteiger partial charge in [0, 0.05) is 34.8 Å². The second-order valence-electron chi connectivity index (χ2n) is 7.99. The van der Waals surface area contributed by atoms with Gasteiger partial charge < -0.3 is 14.1 Å². The molecule has 2 aromatic heterocycles. The monoisotopic (exact) mass is 503 g/mol. The van der Waals surface area contributed by atoms with Gasteiger partial charge in [-0.2, -0.15) is 0 Å². The number of carboxylic acid groups (broad SMARTS) is 1. The number of nitrogens with zero attached hydrogens (tertiary/aromatic N) is 3. The zero-order valence-electron chi connectivity index (χ0n) is 18.5. The average Bonchev–Trinajstić information content (AvgIpc) is 3.54. The first-order valence-corrected chi connectivity index (χ1v) is 11.5. The Labute approximate surface area is 207 Å². The molecule has 2 aromatic carbocycles. The van der Waals surface area contributed by atoms with E-state index in [1.807, 2.05) is 35.0 Å². The summed E-state index contributed by atoms with van der Waals surface area (Å²) in [7, 11) is 0. The highest BCUT2D eigenvalue weighted by molar-refractivity contribution is 8.18. The fourth-order valence-electron chi connectivity index (χ4n) is 3.95. The maximum Gasteiger partial charge on any atom is 0.371 e. The highest BCUT2D eigenvalue weighted by Gasteiger charge is 2.35. The fourth-order valence-corrected chi connectivity index (χ4v) is 4.78. The van der Waals surface area contributed by atoms with Crippen LogP contribution in [0.3, 0.4) is 0 Å². The van der Waals surface area contributed by atoms with Gasteiger partial charge in [0.15, 0.2) is 0 Å². The number of nitro benzene ring substituents is 1. The Morgan fingerprint density at radius 3 is 2.50 bits per heavy atom. The molecule has 10 nitrogen and oxygen atoms in total. The third-order valence-corrected chi connectivity index (χ3v) is 6.57. The van der Waals surface area contributed by atoms with E-state index >= 15 is 0 Å². The Morgan fingerprint density at radius 1 is 1.06 bits per heavy atom. The number of amides is 2. The van der Waals surface area contributed by atoms with Gasteiger partial charge in [-0.15, -0.1) is 0 Å². The van der Waals surface area contributed by atoms with Gasteiger partial charge in [0.1, 0.15) is 5.76 Å². The minimum absolute atomic E-state index is 0.00612. The first-order valence-electron chi connectivity index (χ1n) is 10.7. The molecule has 3 heterocycles. The van der Waals surface area contributed by atoms with Crippen LogP contribution >= 0.6 is 11.8 Å². The molecule has 0 aliphatic carbocycles. The van der Waals surface area contributed by atoms with Crippen LogP contribution < -0.4 is 0 Å². The van der Waals surface area contributed by atoms with Gasteiger partial charge >= 0.3 is 5.97 Å². The molecular formula is C25H17N3O7S. The number of non-ortho nitro benzene ring substituents is 1. The van der Waals surface area contributed by atoms with Crippen LogP contribution in [0.25, 0.3) is 17.0 Å². The summed E-state index contributed by atoms with van der Waals surface area (Å²) in [5.41, 5.74) is 2.09. The number of nitro groups is 1. The van der Waals surface area contributed by atoms with Crippen LogP contribution in [0.15, 0.2) is 76.2 Å². The molecule has 1 aliphatic heterocycles. The lowest BCUT2D eigenvalue weighted by molar-refractivity contribution is -0.384. The van der Waals surface area contributed by atoms with E-state index in [1.165, 1.54) is 30.3 Å². The third-order valence-electron chi connectivity index (χ3n) is 5.67. The number of para-hydroxylation sites is 1. The Morgan fingerprint density at radius 2 is 1.81 bits per heavy atom. The maximum absolute atomic E-state index is 13.0. The zero-order chi connectivity index (χ0) is 25.4. The van der Waals surface area contributed by atoms with Crippen LogP contribution in [0.2, 0.25) is 0 Å². The van der Waals surface area contributed by atoms with Gasteiger partial charge in [0.05, 0.1) is 22.9 Å². The molecule has 5 rings (SSSR count). The van der Waals surface area contributed by atoms with E-state index in [0.29, 0.717) is 11.3 Å². The van der Waals surface area contributed by atoms with Gasteiger partial charge in [-0.25, -0.2) is 4.79 Å². The molecule has 1 saturated heterocycles. The number of carbonyl (C=O) groups is 3. The first kappa shape index (κ1) is 23.1. The van der Waals surface area contributed by atoms with Crippen LogP contribution in [0.1, 0.15) is 27.4 Å². The number of carboxylic acids is 1. The molecule has 0 bridgehead atoms. The van der Waals surface area contributed by atoms with Crippen molar-refractivity contribution < 1.29 is 28.8 Å². The van der Waals surface area contributed by atoms with E-state index in [1.54, 1.807) is 12.1 Å². The van der Waals surface area contributed by atoms with Crippen molar-refractivity contribution in [3.8, 4) is 0 Å². The van der Waals surface area contributed by atoms with E-state index in [4.69, 9.17) is 9.52 Å². The Balaban J connectivity index is 1.41. The standard InChI is InChI=1S/C25H17N3O7S/c29-23-22(36-25(32)27(23)12-15-5-7-17(8-6-15)28(33)34)11-16-13-26(20-4-2-1-3-19(16)20)14-18-9-10-21(35-18)24(30)31/h1-11,13H,12,14H2,(H,30,31)/b22-11-. The smallest absolute Gasteiger partial charge is 0.371 e. The summed E-state index contributed by atoms with van der Waals surface area (Å²) >= 11 is 0.830. The SMILES string of the molecule is O=C(O)c1ccc(Cn2cc(/C=C3\SC(=O)N(Cc4ccc([N+](=O)[O-])cc4)C3=O)c3ccccc32)o1. The van der Waals surface area contributed by atoms with Gasteiger partial charge in [-0.1, -0.05) is 30.3 Å². The molecule has 2 amide bonds. The number of carbonyl (C=O) groups excluding carboxylic acids is 2. The molecule has 1 aliphatic rings. The Kier molecular flexibility index (Phi) is 5.90. The number of aromatic carboxylic acids is 1. The van der Waals surface area contributed by atoms with Gasteiger partial charge in [0.2, 0.25) is 5.76 Å². The van der Waals surface area contributed by atoms with Crippen LogP contribution in [0.4, 0.5) is 10.5 Å². The molecule has 0 saturated carbocycles. The Bertz CT molecular complexity index is 1570. The van der Waals surface area contributed by atoms with Gasteiger partial charge in [-0.05, 0) is 41.6 Å². The highest BCUT2D eigenvalue weighted by atomic mass is 32.2. The van der Waals surface area contributed by atoms with Crippen molar-refractivity contribution in [2.75, 3.05) is 0 Å². The molecule has 0 spiro atoms. The quantitative estimate of drug-likeness (QED) is 0.208. The van der Waals surface area contributed by atoms with Crippen LogP contribution in [0.5, 0.6) is 0 Å². The van der Waals surface area contributed by atoms with Crippen molar-refractivity contribution in [2.24, 2.45) is 0 Å². The summed E-state index contributed by atoms with van der Waals surface area (Å²) in [6.45, 7) is 0.287. The number of fused-ring (bicyclic) bond motifs is 1. The zero-order valence-corrected chi connectivity index (χ0v) is 19.3. The predicted molar refractivity (Wildman–Crippen MR) is 131 cm³/mol. The molecule has 11 heteroatoms. The predicted octanol–water partition coefficient (Wildman–Crippen LogP) is 5.13. The second kappa shape index (κ2) is 9.19. The summed E-state index contributed by atoms with van der Waals surface area (Å²) in [4.78, 5) is 48.4. The number of rotatable bonds is 7. The van der Waals surface area contributed by atoms with Crippen LogP contribution in [-0.2, 0) is 17.9 Å². The van der Waals surface area contributed by atoms with E-state index in [-0.39, 0.29) is 29.4 Å². The van der Waals surface area contributed by atoms with Crippen LogP contribution in [-0.4, -0.2) is 36.6 Å². The van der Waals surface area contributed by atoms with Crippen molar-refractivity contribution >= 4 is 51.5 Å². The second-order valence-corrected chi connectivity index (χ2v) is 8.99. The Hall–Kier alpha value is -4.64. The van der Waals surface area contributed by atoms with Crippen molar-refractivity contribution in [2.45, 2.75) is 13.1 Å². The molecule has 36 heavy (non-hydrogen) atoms. The molecular weight excluding hydrogens is 486 g/mol. The number of hydrogen-bond donors (Lipinski definition) is 1. The number of aromatic nitrogens is 1. The lowest BCUT2D eigenvalue weighted by atomic mass is 10.1. The van der Waals surface area contributed by atoms with Gasteiger partial charge in [0.25, 0.3) is 16.8 Å². The van der Waals surface area contributed by atoms with Crippen molar-refractivity contribution in [1.29, 1.82) is 0 Å². The van der Waals surface area contributed by atoms with Crippen molar-refractivity contribution in [3.63, 3.8) is 0 Å². The van der Waals surface area contributed by atoms with Crippen molar-refractivity contribution in [3.05, 3.63) is 105 Å². The minimum atomic E-state index is -1.15. The van der Waals surface area contributed by atoms with E-state index in [9.17, 15) is 24.5 Å². The summed E-state index contributed by atoms with van der Waals surface area (Å²) in [5, 5.41) is 20.4. The lowest BCUT2D eigenvalue weighted by Crippen LogP contribution is -2.27. The molecule has 0 unspecified atom stereocenters. The summed E-state index contributed by atoms with van der Waals surface area (Å²) < 4.78 is 7.26. The number of furan rings is 1. The van der Waals surface area contributed by atoms with Crippen LogP contribution in [0, 0.1) is 10.1 Å². The molecule has 4 aromatic rings. The highest BCUT2D eigenvalue weighted by Crippen LogP contribution is 2.35. The largest absolute Gasteiger partial charge is 0.475 e. The summed E-state index contributed by atoms with van der Waals surface area (Å²) in [6.07, 6.45) is 3.47. The molecule has 0 radical (unpaired) electrons. The summed E-state index contributed by atoms with van der Waals surface area (Å²) in [6, 6.07) is 16.2. The molecule has 1 N–H and O–H groups in total. The van der Waals surface area contributed by atoms with E-state index < -0.39 is 22.0 Å². The molecule has 1 fully saturated rings.